The summed E-state index contributed by atoms with van der Waals surface area (Å²) in [6, 6.07) is 7.93. The van der Waals surface area contributed by atoms with E-state index < -0.39 is 0 Å². The lowest BCUT2D eigenvalue weighted by Crippen LogP contribution is -2.43. The number of anilines is 1. The molecule has 1 aliphatic rings. The monoisotopic (exact) mass is 176 g/mol. The van der Waals surface area contributed by atoms with Crippen LogP contribution in [0.3, 0.4) is 0 Å². The molecule has 1 unspecified atom stereocenters. The van der Waals surface area contributed by atoms with E-state index in [1.54, 1.807) is 4.90 Å². The molecule has 1 fully saturated rings. The van der Waals surface area contributed by atoms with Gasteiger partial charge < -0.3 is 10.6 Å². The van der Waals surface area contributed by atoms with Crippen LogP contribution in [0.5, 0.6) is 0 Å². The second-order valence-electron chi connectivity index (χ2n) is 3.39. The normalized spacial score (nSPS) is 21.5. The maximum Gasteiger partial charge on any atom is 0.225 e. The number of nitrogens with zero attached hydrogens (tertiary/aromatic N) is 1. The number of carbonyl (C=O) groups is 1. The van der Waals surface area contributed by atoms with E-state index >= 15 is 0 Å². The van der Waals surface area contributed by atoms with Crippen molar-refractivity contribution >= 4 is 11.6 Å². The Labute approximate surface area is 77.1 Å². The van der Waals surface area contributed by atoms with E-state index in [0.29, 0.717) is 6.42 Å². The molecule has 0 aliphatic carbocycles. The molecule has 3 nitrogen and oxygen atoms in total. The van der Waals surface area contributed by atoms with Gasteiger partial charge in [0.2, 0.25) is 5.91 Å². The number of carbonyl (C=O) groups excluding carboxylic acids is 1. The van der Waals surface area contributed by atoms with Gasteiger partial charge in [0.1, 0.15) is 0 Å². The Balaban J connectivity index is 2.23. The highest BCUT2D eigenvalue weighted by atomic mass is 16.2. The lowest BCUT2D eigenvalue weighted by molar-refractivity contribution is -0.143. The third kappa shape index (κ3) is 1.26. The highest BCUT2D eigenvalue weighted by Gasteiger charge is 2.33. The van der Waals surface area contributed by atoms with Crippen LogP contribution in [0.15, 0.2) is 24.3 Å². The molecule has 1 heterocycles. The number of amides is 1. The zero-order valence-corrected chi connectivity index (χ0v) is 7.53. The fourth-order valence-electron chi connectivity index (χ4n) is 1.62. The molecule has 2 rings (SSSR count). The van der Waals surface area contributed by atoms with Crippen molar-refractivity contribution in [2.24, 2.45) is 0 Å². The van der Waals surface area contributed by atoms with Crippen molar-refractivity contribution in [3.05, 3.63) is 29.8 Å². The van der Waals surface area contributed by atoms with E-state index in [1.807, 2.05) is 31.3 Å². The van der Waals surface area contributed by atoms with Gasteiger partial charge in [0.25, 0.3) is 0 Å². The van der Waals surface area contributed by atoms with E-state index in [2.05, 4.69) is 0 Å². The Morgan fingerprint density at radius 3 is 2.85 bits per heavy atom. The summed E-state index contributed by atoms with van der Waals surface area (Å²) < 4.78 is 0. The summed E-state index contributed by atoms with van der Waals surface area (Å²) in [4.78, 5) is 12.7. The van der Waals surface area contributed by atoms with Crippen LogP contribution in [0, 0.1) is 0 Å². The van der Waals surface area contributed by atoms with Crippen LogP contribution in [0.2, 0.25) is 0 Å². The van der Waals surface area contributed by atoms with Gasteiger partial charge in [-0.15, -0.1) is 0 Å². The van der Waals surface area contributed by atoms with E-state index in [0.717, 1.165) is 11.3 Å². The molecule has 1 amide bonds. The summed E-state index contributed by atoms with van der Waals surface area (Å²) in [6.45, 7) is 0. The van der Waals surface area contributed by atoms with E-state index in [4.69, 9.17) is 5.73 Å². The molecule has 1 aromatic rings. The zero-order chi connectivity index (χ0) is 9.42. The minimum Gasteiger partial charge on any atom is -0.399 e. The fourth-order valence-corrected chi connectivity index (χ4v) is 1.62. The van der Waals surface area contributed by atoms with Crippen LogP contribution >= 0.6 is 0 Å². The minimum absolute atomic E-state index is 0.201. The molecule has 68 valence electrons. The summed E-state index contributed by atoms with van der Waals surface area (Å²) in [6.07, 6.45) is 0.611. The number of nitrogen functional groups attached to an aromatic ring is 1. The second-order valence-corrected chi connectivity index (χ2v) is 3.39. The van der Waals surface area contributed by atoms with Crippen LogP contribution in [-0.4, -0.2) is 17.9 Å². The molecular formula is C10H12N2O. The van der Waals surface area contributed by atoms with E-state index in [-0.39, 0.29) is 11.9 Å². The van der Waals surface area contributed by atoms with Crippen molar-refractivity contribution < 1.29 is 4.79 Å². The first-order valence-corrected chi connectivity index (χ1v) is 4.29. The number of hydrogen-bond acceptors (Lipinski definition) is 2. The molecule has 1 saturated heterocycles. The molecule has 2 N–H and O–H groups in total. The third-order valence-electron chi connectivity index (χ3n) is 2.52. The number of rotatable bonds is 1. The first-order valence-electron chi connectivity index (χ1n) is 4.29. The van der Waals surface area contributed by atoms with Crippen molar-refractivity contribution in [2.45, 2.75) is 12.5 Å². The Kier molecular flexibility index (Phi) is 1.72. The van der Waals surface area contributed by atoms with Crippen LogP contribution in [-0.2, 0) is 4.79 Å². The van der Waals surface area contributed by atoms with Crippen molar-refractivity contribution in [1.29, 1.82) is 0 Å². The van der Waals surface area contributed by atoms with Crippen LogP contribution in [0.1, 0.15) is 18.0 Å². The van der Waals surface area contributed by atoms with E-state index in [9.17, 15) is 4.79 Å². The number of β-lactam (4-membered cyclic amide) rings is 1. The van der Waals surface area contributed by atoms with Gasteiger partial charge in [-0.05, 0) is 17.7 Å². The molecule has 0 saturated carbocycles. The summed E-state index contributed by atoms with van der Waals surface area (Å²) in [5.74, 6) is 0.201. The molecule has 0 bridgehead atoms. The van der Waals surface area contributed by atoms with Gasteiger partial charge >= 0.3 is 0 Å². The molecule has 0 radical (unpaired) electrons. The number of nitrogens with two attached hydrogens (primary N) is 1. The molecular weight excluding hydrogens is 164 g/mol. The molecule has 0 spiro atoms. The van der Waals surface area contributed by atoms with E-state index in [1.165, 1.54) is 0 Å². The maximum atomic E-state index is 11.0. The lowest BCUT2D eigenvalue weighted by atomic mass is 9.94. The predicted octanol–water partition coefficient (Wildman–Crippen LogP) is 1.17. The first-order chi connectivity index (χ1) is 6.18. The van der Waals surface area contributed by atoms with Crippen LogP contribution in [0.25, 0.3) is 0 Å². The van der Waals surface area contributed by atoms with Gasteiger partial charge in [-0.2, -0.15) is 0 Å². The zero-order valence-electron chi connectivity index (χ0n) is 7.53. The largest absolute Gasteiger partial charge is 0.399 e. The summed E-state index contributed by atoms with van der Waals surface area (Å²) >= 11 is 0. The summed E-state index contributed by atoms with van der Waals surface area (Å²) in [5, 5.41) is 0. The van der Waals surface area contributed by atoms with Gasteiger partial charge in [0.15, 0.2) is 0 Å². The summed E-state index contributed by atoms with van der Waals surface area (Å²) in [7, 11) is 1.82. The second kappa shape index (κ2) is 2.76. The molecule has 0 aromatic heterocycles. The number of likely N-dealkylation sites (tertiary alicyclic amines) is 1. The number of benzene rings is 1. The van der Waals surface area contributed by atoms with Gasteiger partial charge in [0, 0.05) is 12.7 Å². The molecule has 1 aromatic carbocycles. The molecule has 3 heteroatoms. The predicted molar refractivity (Wildman–Crippen MR) is 51.0 cm³/mol. The molecule has 1 aliphatic heterocycles. The molecule has 13 heavy (non-hydrogen) atoms. The van der Waals surface area contributed by atoms with Crippen LogP contribution < -0.4 is 5.73 Å². The maximum absolute atomic E-state index is 11.0. The summed E-state index contributed by atoms with van der Waals surface area (Å²) in [5.41, 5.74) is 7.53. The van der Waals surface area contributed by atoms with Crippen LogP contribution in [0.4, 0.5) is 5.69 Å². The quantitative estimate of drug-likeness (QED) is 0.515. The Bertz CT molecular complexity index is 349. The third-order valence-corrected chi connectivity index (χ3v) is 2.52. The van der Waals surface area contributed by atoms with Gasteiger partial charge in [0.05, 0.1) is 12.5 Å². The standard InChI is InChI=1S/C10H12N2O/c1-12-9(6-10(12)13)7-3-2-4-8(11)5-7/h2-5,9H,6,11H2,1H3. The van der Waals surface area contributed by atoms with Gasteiger partial charge in [-0.3, -0.25) is 4.79 Å². The van der Waals surface area contributed by atoms with Gasteiger partial charge in [-0.25, -0.2) is 0 Å². The van der Waals surface area contributed by atoms with Crippen molar-refractivity contribution in [3.8, 4) is 0 Å². The fraction of sp³-hybridized carbons (Fsp3) is 0.300. The topological polar surface area (TPSA) is 46.3 Å². The minimum atomic E-state index is 0.201. The lowest BCUT2D eigenvalue weighted by Gasteiger charge is -2.37. The Morgan fingerprint density at radius 1 is 1.54 bits per heavy atom. The average molecular weight is 176 g/mol. The first kappa shape index (κ1) is 8.10. The highest BCUT2D eigenvalue weighted by Crippen LogP contribution is 2.32. The Hall–Kier alpha value is -1.51. The smallest absolute Gasteiger partial charge is 0.225 e. The van der Waals surface area contributed by atoms with Crippen molar-refractivity contribution in [1.82, 2.24) is 4.90 Å². The van der Waals surface area contributed by atoms with Crippen molar-refractivity contribution in [2.75, 3.05) is 12.8 Å². The average Bonchev–Trinajstić information content (AvgIpc) is 2.13. The highest BCUT2D eigenvalue weighted by molar-refractivity contribution is 5.83. The number of hydrogen-bond donors (Lipinski definition) is 1. The van der Waals surface area contributed by atoms with Crippen molar-refractivity contribution in [3.63, 3.8) is 0 Å². The molecule has 1 atom stereocenters. The van der Waals surface area contributed by atoms with Gasteiger partial charge in [-0.1, -0.05) is 12.1 Å². The SMILES string of the molecule is CN1C(=O)CC1c1cccc(N)c1. The Morgan fingerprint density at radius 2 is 2.31 bits per heavy atom.